The highest BCUT2D eigenvalue weighted by molar-refractivity contribution is 5.81. The fourth-order valence-electron chi connectivity index (χ4n) is 4.63. The van der Waals surface area contributed by atoms with Gasteiger partial charge >= 0.3 is 0 Å². The van der Waals surface area contributed by atoms with Crippen molar-refractivity contribution in [3.8, 4) is 0 Å². The third kappa shape index (κ3) is 4.02. The first kappa shape index (κ1) is 17.5. The number of rotatable bonds is 4. The maximum absolute atomic E-state index is 11.7. The molecule has 1 unspecified atom stereocenters. The summed E-state index contributed by atoms with van der Waals surface area (Å²) in [5, 5.41) is 6.55. The number of hydrogen-bond donors (Lipinski definition) is 2. The van der Waals surface area contributed by atoms with Gasteiger partial charge in [0.05, 0.1) is 0 Å². The van der Waals surface area contributed by atoms with E-state index >= 15 is 0 Å². The molecular formula is C18H33N5O. The van der Waals surface area contributed by atoms with Crippen LogP contribution in [0.1, 0.15) is 44.9 Å². The molecule has 0 aromatic heterocycles. The van der Waals surface area contributed by atoms with Gasteiger partial charge < -0.3 is 20.4 Å². The lowest BCUT2D eigenvalue weighted by Crippen LogP contribution is -2.52. The highest BCUT2D eigenvalue weighted by atomic mass is 16.1. The molecule has 2 aliphatic heterocycles. The average molecular weight is 335 g/mol. The number of likely N-dealkylation sites (tertiary alicyclic amines) is 1. The van der Waals surface area contributed by atoms with E-state index in [1.165, 1.54) is 25.7 Å². The molecule has 0 bridgehead atoms. The predicted octanol–water partition coefficient (Wildman–Crippen LogP) is 1.04. The summed E-state index contributed by atoms with van der Waals surface area (Å²) >= 11 is 0. The molecule has 0 radical (unpaired) electrons. The molecule has 0 aromatic rings. The first-order valence-electron chi connectivity index (χ1n) is 9.54. The van der Waals surface area contributed by atoms with Crippen LogP contribution in [0.15, 0.2) is 4.99 Å². The molecule has 2 saturated heterocycles. The van der Waals surface area contributed by atoms with Crippen molar-refractivity contribution in [1.82, 2.24) is 20.4 Å². The van der Waals surface area contributed by atoms with E-state index in [1.54, 1.807) is 0 Å². The lowest BCUT2D eigenvalue weighted by atomic mass is 9.79. The van der Waals surface area contributed by atoms with Crippen molar-refractivity contribution >= 4 is 11.9 Å². The zero-order valence-corrected chi connectivity index (χ0v) is 15.3. The second-order valence-electron chi connectivity index (χ2n) is 7.87. The molecule has 1 amide bonds. The van der Waals surface area contributed by atoms with Crippen LogP contribution in [0.4, 0.5) is 0 Å². The second-order valence-corrected chi connectivity index (χ2v) is 7.87. The predicted molar refractivity (Wildman–Crippen MR) is 97.1 cm³/mol. The van der Waals surface area contributed by atoms with E-state index in [-0.39, 0.29) is 11.3 Å². The number of amides is 1. The molecule has 3 fully saturated rings. The number of piperidine rings is 1. The maximum Gasteiger partial charge on any atom is 0.220 e. The molecule has 3 rings (SSSR count). The number of likely N-dealkylation sites (N-methyl/N-ethyl adjacent to an activating group) is 1. The number of guanidine groups is 1. The Morgan fingerprint density at radius 2 is 2.21 bits per heavy atom. The summed E-state index contributed by atoms with van der Waals surface area (Å²) in [7, 11) is 4.11. The molecule has 1 atom stereocenters. The minimum Gasteiger partial charge on any atom is -0.355 e. The molecule has 3 aliphatic rings. The third-order valence-electron chi connectivity index (χ3n) is 6.06. The molecule has 0 aromatic carbocycles. The lowest BCUT2D eigenvalue weighted by Gasteiger charge is -2.41. The summed E-state index contributed by atoms with van der Waals surface area (Å²) in [5.41, 5.74) is 0.119. The molecule has 1 saturated carbocycles. The third-order valence-corrected chi connectivity index (χ3v) is 6.06. The topological polar surface area (TPSA) is 60.0 Å². The van der Waals surface area contributed by atoms with Crippen molar-refractivity contribution in [1.29, 1.82) is 0 Å². The zero-order valence-electron chi connectivity index (χ0n) is 15.3. The van der Waals surface area contributed by atoms with Gasteiger partial charge in [0.2, 0.25) is 5.91 Å². The van der Waals surface area contributed by atoms with E-state index in [4.69, 9.17) is 0 Å². The van der Waals surface area contributed by atoms with Gasteiger partial charge in [-0.25, -0.2) is 0 Å². The first-order valence-corrected chi connectivity index (χ1v) is 9.54. The summed E-state index contributed by atoms with van der Waals surface area (Å²) in [6.07, 6.45) is 8.41. The van der Waals surface area contributed by atoms with E-state index in [2.05, 4.69) is 32.5 Å². The summed E-state index contributed by atoms with van der Waals surface area (Å²) in [5.74, 6) is 1.20. The number of aliphatic imine (C=N–C) groups is 1. The SMILES string of the molecule is CN=C(NCCN(C)C1CCCC1)N1CCCC2(CNC(=O)C2)C1. The first-order chi connectivity index (χ1) is 11.6. The van der Waals surface area contributed by atoms with Crippen LogP contribution in [0.25, 0.3) is 0 Å². The summed E-state index contributed by atoms with van der Waals surface area (Å²) in [4.78, 5) is 21.0. The summed E-state index contributed by atoms with van der Waals surface area (Å²) < 4.78 is 0. The summed E-state index contributed by atoms with van der Waals surface area (Å²) in [6.45, 7) is 4.78. The number of hydrogen-bond acceptors (Lipinski definition) is 3. The fourth-order valence-corrected chi connectivity index (χ4v) is 4.63. The molecule has 24 heavy (non-hydrogen) atoms. The van der Waals surface area contributed by atoms with Gasteiger partial charge in [0.15, 0.2) is 5.96 Å². The highest BCUT2D eigenvalue weighted by Gasteiger charge is 2.42. The van der Waals surface area contributed by atoms with Gasteiger partial charge in [-0.2, -0.15) is 0 Å². The van der Waals surface area contributed by atoms with Gasteiger partial charge in [-0.3, -0.25) is 9.79 Å². The molecule has 1 spiro atoms. The largest absolute Gasteiger partial charge is 0.355 e. The van der Waals surface area contributed by atoms with Gasteiger partial charge in [-0.1, -0.05) is 12.8 Å². The van der Waals surface area contributed by atoms with Gasteiger partial charge in [0, 0.05) is 57.6 Å². The number of carbonyl (C=O) groups is 1. The zero-order chi connectivity index (χ0) is 17.0. The van der Waals surface area contributed by atoms with E-state index in [0.29, 0.717) is 6.42 Å². The van der Waals surface area contributed by atoms with Crippen LogP contribution >= 0.6 is 0 Å². The standard InChI is InChI=1S/C18H33N5O/c1-19-17(20-9-11-22(2)15-6-3-4-7-15)23-10-5-8-18(14-23)12-16(24)21-13-18/h15H,3-14H2,1-2H3,(H,19,20)(H,21,24). The lowest BCUT2D eigenvalue weighted by molar-refractivity contribution is -0.119. The fraction of sp³-hybridized carbons (Fsp3) is 0.889. The van der Waals surface area contributed by atoms with Crippen LogP contribution in [-0.2, 0) is 4.79 Å². The van der Waals surface area contributed by atoms with Gasteiger partial charge in [-0.05, 0) is 32.7 Å². The second kappa shape index (κ2) is 7.72. The average Bonchev–Trinajstić information content (AvgIpc) is 3.22. The van der Waals surface area contributed by atoms with Crippen molar-refractivity contribution in [2.75, 3.05) is 46.8 Å². The Hall–Kier alpha value is -1.30. The number of nitrogens with zero attached hydrogens (tertiary/aromatic N) is 3. The smallest absolute Gasteiger partial charge is 0.220 e. The van der Waals surface area contributed by atoms with E-state index < -0.39 is 0 Å². The van der Waals surface area contributed by atoms with Crippen molar-refractivity contribution in [2.24, 2.45) is 10.4 Å². The maximum atomic E-state index is 11.7. The van der Waals surface area contributed by atoms with Crippen molar-refractivity contribution in [3.05, 3.63) is 0 Å². The van der Waals surface area contributed by atoms with Gasteiger partial charge in [0.25, 0.3) is 0 Å². The molecular weight excluding hydrogens is 302 g/mol. The molecule has 136 valence electrons. The van der Waals surface area contributed by atoms with Crippen LogP contribution in [0.3, 0.4) is 0 Å². The molecule has 6 heteroatoms. The highest BCUT2D eigenvalue weighted by Crippen LogP contribution is 2.35. The van der Waals surface area contributed by atoms with Crippen LogP contribution < -0.4 is 10.6 Å². The minimum atomic E-state index is 0.119. The van der Waals surface area contributed by atoms with Gasteiger partial charge in [0.1, 0.15) is 0 Å². The number of nitrogens with one attached hydrogen (secondary N) is 2. The molecule has 6 nitrogen and oxygen atoms in total. The normalized spacial score (nSPS) is 28.9. The Kier molecular flexibility index (Phi) is 5.64. The Balaban J connectivity index is 1.48. The molecule has 2 heterocycles. The molecule has 1 aliphatic carbocycles. The van der Waals surface area contributed by atoms with E-state index in [1.807, 2.05) is 7.05 Å². The van der Waals surface area contributed by atoms with Crippen molar-refractivity contribution < 1.29 is 4.79 Å². The van der Waals surface area contributed by atoms with Crippen molar-refractivity contribution in [2.45, 2.75) is 51.0 Å². The van der Waals surface area contributed by atoms with E-state index in [0.717, 1.165) is 57.6 Å². The Bertz CT molecular complexity index is 474. The van der Waals surface area contributed by atoms with E-state index in [9.17, 15) is 4.79 Å². The Morgan fingerprint density at radius 3 is 2.88 bits per heavy atom. The van der Waals surface area contributed by atoms with Crippen LogP contribution in [0.2, 0.25) is 0 Å². The number of carbonyl (C=O) groups excluding carboxylic acids is 1. The summed E-state index contributed by atoms with van der Waals surface area (Å²) in [6, 6.07) is 0.766. The Labute approximate surface area is 146 Å². The quantitative estimate of drug-likeness (QED) is 0.595. The minimum absolute atomic E-state index is 0.119. The van der Waals surface area contributed by atoms with Crippen LogP contribution in [0, 0.1) is 5.41 Å². The van der Waals surface area contributed by atoms with Gasteiger partial charge in [-0.15, -0.1) is 0 Å². The van der Waals surface area contributed by atoms with Crippen LogP contribution in [0.5, 0.6) is 0 Å². The Morgan fingerprint density at radius 1 is 1.42 bits per heavy atom. The monoisotopic (exact) mass is 335 g/mol. The van der Waals surface area contributed by atoms with Crippen molar-refractivity contribution in [3.63, 3.8) is 0 Å². The molecule has 2 N–H and O–H groups in total. The van der Waals surface area contributed by atoms with Crippen LogP contribution in [-0.4, -0.2) is 74.5 Å².